The maximum Gasteiger partial charge on any atom is 0.303 e. The van der Waals surface area contributed by atoms with E-state index in [2.05, 4.69) is 5.32 Å². The Morgan fingerprint density at radius 2 is 1.82 bits per heavy atom. The molecule has 6 heteroatoms. The molecule has 6 nitrogen and oxygen atoms in total. The van der Waals surface area contributed by atoms with E-state index in [1.807, 2.05) is 0 Å². The second kappa shape index (κ2) is 6.22. The number of carbonyl (C=O) groups is 3. The molecule has 0 unspecified atom stereocenters. The number of amides is 2. The second-order valence-corrected chi connectivity index (χ2v) is 4.24. The Bertz CT molecular complexity index is 309. The van der Waals surface area contributed by atoms with Gasteiger partial charge in [0.1, 0.15) is 0 Å². The maximum atomic E-state index is 11.4. The minimum absolute atomic E-state index is 0.0161. The van der Waals surface area contributed by atoms with Gasteiger partial charge in [-0.15, -0.1) is 0 Å². The zero-order chi connectivity index (χ0) is 12.8. The van der Waals surface area contributed by atoms with Gasteiger partial charge in [0.05, 0.1) is 6.42 Å². The number of nitrogens with one attached hydrogen (secondary N) is 1. The number of aliphatic carboxylic acids is 1. The number of nitrogens with zero attached hydrogens (tertiary/aromatic N) is 1. The molecule has 0 aliphatic carbocycles. The maximum absolute atomic E-state index is 11.4. The van der Waals surface area contributed by atoms with E-state index in [-0.39, 0.29) is 30.7 Å². The lowest BCUT2D eigenvalue weighted by atomic mass is 10.0. The van der Waals surface area contributed by atoms with Crippen LogP contribution in [0.1, 0.15) is 32.6 Å². The van der Waals surface area contributed by atoms with Gasteiger partial charge in [0.2, 0.25) is 11.8 Å². The van der Waals surface area contributed by atoms with E-state index in [0.717, 1.165) is 12.8 Å². The lowest BCUT2D eigenvalue weighted by molar-refractivity contribution is -0.139. The Kier molecular flexibility index (Phi) is 4.93. The summed E-state index contributed by atoms with van der Waals surface area (Å²) in [5.41, 5.74) is 0. The highest BCUT2D eigenvalue weighted by Gasteiger charge is 2.21. The number of rotatable bonds is 4. The number of hydrogen-bond acceptors (Lipinski definition) is 3. The molecule has 1 fully saturated rings. The Labute approximate surface area is 100.0 Å². The molecule has 1 saturated heterocycles. The van der Waals surface area contributed by atoms with E-state index in [0.29, 0.717) is 13.1 Å². The van der Waals surface area contributed by atoms with Gasteiger partial charge in [-0.2, -0.15) is 0 Å². The molecule has 0 spiro atoms. The zero-order valence-corrected chi connectivity index (χ0v) is 9.94. The molecule has 0 saturated carbocycles. The van der Waals surface area contributed by atoms with Crippen molar-refractivity contribution in [2.75, 3.05) is 13.1 Å². The highest BCUT2D eigenvalue weighted by molar-refractivity contribution is 5.80. The molecule has 0 radical (unpaired) electrons. The third-order valence-corrected chi connectivity index (χ3v) is 2.87. The average molecular weight is 242 g/mol. The first kappa shape index (κ1) is 13.5. The molecular weight excluding hydrogens is 224 g/mol. The van der Waals surface area contributed by atoms with E-state index in [1.165, 1.54) is 6.92 Å². The smallest absolute Gasteiger partial charge is 0.303 e. The fraction of sp³-hybridized carbons (Fsp3) is 0.727. The van der Waals surface area contributed by atoms with Crippen molar-refractivity contribution in [3.8, 4) is 0 Å². The number of carboxylic acid groups (broad SMARTS) is 1. The molecule has 1 aliphatic heterocycles. The average Bonchev–Trinajstić information content (AvgIpc) is 2.27. The molecule has 0 aromatic heterocycles. The van der Waals surface area contributed by atoms with Crippen molar-refractivity contribution >= 4 is 17.8 Å². The summed E-state index contributed by atoms with van der Waals surface area (Å²) in [5, 5.41) is 11.2. The first-order valence-electron chi connectivity index (χ1n) is 5.75. The van der Waals surface area contributed by atoms with Crippen LogP contribution in [-0.4, -0.2) is 46.9 Å². The number of piperidine rings is 1. The zero-order valence-electron chi connectivity index (χ0n) is 9.94. The van der Waals surface area contributed by atoms with Crippen molar-refractivity contribution in [3.05, 3.63) is 0 Å². The lowest BCUT2D eigenvalue weighted by Crippen LogP contribution is -2.46. The predicted molar refractivity (Wildman–Crippen MR) is 60.3 cm³/mol. The van der Waals surface area contributed by atoms with Gasteiger partial charge in [-0.25, -0.2) is 0 Å². The summed E-state index contributed by atoms with van der Waals surface area (Å²) >= 11 is 0. The Hall–Kier alpha value is -1.59. The third kappa shape index (κ3) is 4.84. The fourth-order valence-electron chi connectivity index (χ4n) is 1.86. The van der Waals surface area contributed by atoms with Crippen molar-refractivity contribution in [2.45, 2.75) is 38.6 Å². The fourth-order valence-corrected chi connectivity index (χ4v) is 1.86. The molecule has 0 atom stereocenters. The predicted octanol–water partition coefficient (Wildman–Crippen LogP) is -0.0217. The molecule has 96 valence electrons. The molecule has 0 aromatic carbocycles. The molecule has 1 heterocycles. The van der Waals surface area contributed by atoms with Crippen molar-refractivity contribution in [2.24, 2.45) is 0 Å². The molecule has 17 heavy (non-hydrogen) atoms. The topological polar surface area (TPSA) is 86.7 Å². The van der Waals surface area contributed by atoms with Gasteiger partial charge in [-0.3, -0.25) is 14.4 Å². The number of carboxylic acids is 1. The Balaban J connectivity index is 2.23. The van der Waals surface area contributed by atoms with Crippen molar-refractivity contribution in [1.29, 1.82) is 0 Å². The van der Waals surface area contributed by atoms with Crippen LogP contribution in [0.4, 0.5) is 0 Å². The first-order chi connectivity index (χ1) is 7.99. The third-order valence-electron chi connectivity index (χ3n) is 2.87. The molecule has 2 amide bonds. The van der Waals surface area contributed by atoms with Crippen molar-refractivity contribution in [1.82, 2.24) is 10.2 Å². The SMILES string of the molecule is CC(=O)N1CCC(NC(=O)CCC(=O)O)CC1. The Morgan fingerprint density at radius 3 is 2.29 bits per heavy atom. The molecule has 0 bridgehead atoms. The molecular formula is C11H18N2O4. The van der Waals surface area contributed by atoms with E-state index >= 15 is 0 Å². The van der Waals surface area contributed by atoms with Gasteiger partial charge >= 0.3 is 5.97 Å². The lowest BCUT2D eigenvalue weighted by Gasteiger charge is -2.31. The van der Waals surface area contributed by atoms with Gasteiger partial charge in [0.25, 0.3) is 0 Å². The van der Waals surface area contributed by atoms with Crippen LogP contribution in [0.2, 0.25) is 0 Å². The van der Waals surface area contributed by atoms with Gasteiger partial charge in [-0.1, -0.05) is 0 Å². The van der Waals surface area contributed by atoms with Crippen LogP contribution in [0.15, 0.2) is 0 Å². The monoisotopic (exact) mass is 242 g/mol. The van der Waals surface area contributed by atoms with E-state index in [9.17, 15) is 14.4 Å². The van der Waals surface area contributed by atoms with Gasteiger partial charge < -0.3 is 15.3 Å². The van der Waals surface area contributed by atoms with Crippen molar-refractivity contribution in [3.63, 3.8) is 0 Å². The summed E-state index contributed by atoms with van der Waals surface area (Å²) in [5.74, 6) is -1.14. The van der Waals surface area contributed by atoms with E-state index in [1.54, 1.807) is 4.90 Å². The van der Waals surface area contributed by atoms with Gasteiger partial charge in [-0.05, 0) is 12.8 Å². The van der Waals surface area contributed by atoms with Crippen LogP contribution < -0.4 is 5.32 Å². The minimum Gasteiger partial charge on any atom is -0.481 e. The van der Waals surface area contributed by atoms with Crippen molar-refractivity contribution < 1.29 is 19.5 Å². The van der Waals surface area contributed by atoms with Gasteiger partial charge in [0, 0.05) is 32.5 Å². The highest BCUT2D eigenvalue weighted by Crippen LogP contribution is 2.10. The summed E-state index contributed by atoms with van der Waals surface area (Å²) in [6, 6.07) is 0.0619. The van der Waals surface area contributed by atoms with Crippen LogP contribution in [0.5, 0.6) is 0 Å². The number of carbonyl (C=O) groups excluding carboxylic acids is 2. The van der Waals surface area contributed by atoms with Crippen LogP contribution in [0.3, 0.4) is 0 Å². The van der Waals surface area contributed by atoms with E-state index in [4.69, 9.17) is 5.11 Å². The van der Waals surface area contributed by atoms with Crippen LogP contribution in [0.25, 0.3) is 0 Å². The standard InChI is InChI=1S/C11H18N2O4/c1-8(14)13-6-4-9(5-7-13)12-10(15)2-3-11(16)17/h9H,2-7H2,1H3,(H,12,15)(H,16,17). The number of hydrogen-bond donors (Lipinski definition) is 2. The summed E-state index contributed by atoms with van der Waals surface area (Å²) in [4.78, 5) is 34.5. The summed E-state index contributed by atoms with van der Waals surface area (Å²) in [6.07, 6.45) is 1.34. The van der Waals surface area contributed by atoms with Crippen LogP contribution in [0, 0.1) is 0 Å². The molecule has 0 aromatic rings. The largest absolute Gasteiger partial charge is 0.481 e. The molecule has 1 aliphatic rings. The Morgan fingerprint density at radius 1 is 1.24 bits per heavy atom. The van der Waals surface area contributed by atoms with Crippen LogP contribution in [-0.2, 0) is 14.4 Å². The number of likely N-dealkylation sites (tertiary alicyclic amines) is 1. The van der Waals surface area contributed by atoms with E-state index < -0.39 is 5.97 Å². The second-order valence-electron chi connectivity index (χ2n) is 4.24. The summed E-state index contributed by atoms with van der Waals surface area (Å²) < 4.78 is 0. The highest BCUT2D eigenvalue weighted by atomic mass is 16.4. The quantitative estimate of drug-likeness (QED) is 0.725. The summed E-state index contributed by atoms with van der Waals surface area (Å²) in [7, 11) is 0. The minimum atomic E-state index is -0.966. The summed E-state index contributed by atoms with van der Waals surface area (Å²) in [6.45, 7) is 2.84. The normalized spacial score (nSPS) is 16.6. The molecule has 2 N–H and O–H groups in total. The molecule has 1 rings (SSSR count). The van der Waals surface area contributed by atoms with Gasteiger partial charge in [0.15, 0.2) is 0 Å². The van der Waals surface area contributed by atoms with Crippen LogP contribution >= 0.6 is 0 Å². The first-order valence-corrected chi connectivity index (χ1v) is 5.75.